The summed E-state index contributed by atoms with van der Waals surface area (Å²) in [5, 5.41) is 10.3. The van der Waals surface area contributed by atoms with Crippen LogP contribution in [0.1, 0.15) is 19.3 Å². The Morgan fingerprint density at radius 1 is 1.15 bits per heavy atom. The van der Waals surface area contributed by atoms with Crippen LogP contribution in [-0.2, 0) is 0 Å². The van der Waals surface area contributed by atoms with Gasteiger partial charge < -0.3 is 20.9 Å². The van der Waals surface area contributed by atoms with Crippen molar-refractivity contribution in [2.24, 2.45) is 5.92 Å². The lowest BCUT2D eigenvalue weighted by Crippen LogP contribution is -2.28. The van der Waals surface area contributed by atoms with Crippen LogP contribution in [0.4, 0.5) is 11.8 Å². The van der Waals surface area contributed by atoms with Crippen molar-refractivity contribution in [2.75, 3.05) is 57.5 Å². The van der Waals surface area contributed by atoms with E-state index in [9.17, 15) is 0 Å². The maximum absolute atomic E-state index is 4.67. The second-order valence-corrected chi connectivity index (χ2v) is 7.34. The number of piperidine rings is 1. The van der Waals surface area contributed by atoms with E-state index in [0.29, 0.717) is 5.95 Å². The van der Waals surface area contributed by atoms with E-state index in [1.165, 1.54) is 19.3 Å². The summed E-state index contributed by atoms with van der Waals surface area (Å²) >= 11 is 0. The van der Waals surface area contributed by atoms with Crippen LogP contribution in [0.15, 0.2) is 30.6 Å². The third-order valence-corrected chi connectivity index (χ3v) is 4.84. The van der Waals surface area contributed by atoms with Crippen LogP contribution in [0.3, 0.4) is 0 Å². The molecule has 2 aromatic rings. The van der Waals surface area contributed by atoms with E-state index in [4.69, 9.17) is 0 Å². The molecule has 2 aromatic heterocycles. The van der Waals surface area contributed by atoms with Gasteiger partial charge >= 0.3 is 0 Å². The molecule has 0 radical (unpaired) electrons. The Hall–Kier alpha value is -2.25. The monoisotopic (exact) mass is 369 g/mol. The Bertz CT molecular complexity index is 684. The Morgan fingerprint density at radius 2 is 2.00 bits per heavy atom. The Kier molecular flexibility index (Phi) is 7.36. The molecule has 7 nitrogen and oxygen atoms in total. The summed E-state index contributed by atoms with van der Waals surface area (Å²) in [4.78, 5) is 15.7. The maximum atomic E-state index is 4.67. The van der Waals surface area contributed by atoms with Crippen LogP contribution in [0.5, 0.6) is 0 Å². The summed E-state index contributed by atoms with van der Waals surface area (Å²) in [6, 6.07) is 5.97. The van der Waals surface area contributed by atoms with E-state index in [1.54, 1.807) is 6.20 Å². The molecule has 1 aliphatic rings. The Morgan fingerprint density at radius 3 is 2.74 bits per heavy atom. The minimum absolute atomic E-state index is 0.655. The first-order chi connectivity index (χ1) is 13.2. The number of pyridine rings is 1. The zero-order valence-electron chi connectivity index (χ0n) is 16.4. The van der Waals surface area contributed by atoms with Crippen LogP contribution >= 0.6 is 0 Å². The molecule has 0 spiro atoms. The van der Waals surface area contributed by atoms with Crippen LogP contribution in [-0.4, -0.2) is 66.7 Å². The highest BCUT2D eigenvalue weighted by Gasteiger charge is 2.13. The van der Waals surface area contributed by atoms with Crippen molar-refractivity contribution in [3.8, 4) is 11.3 Å². The second kappa shape index (κ2) is 10.2. The van der Waals surface area contributed by atoms with Gasteiger partial charge in [-0.3, -0.25) is 4.98 Å². The van der Waals surface area contributed by atoms with E-state index < -0.39 is 0 Å². The first-order valence-corrected chi connectivity index (χ1v) is 9.83. The largest absolute Gasteiger partial charge is 0.370 e. The van der Waals surface area contributed by atoms with Gasteiger partial charge in [-0.2, -0.15) is 4.98 Å². The van der Waals surface area contributed by atoms with Crippen LogP contribution < -0.4 is 16.0 Å². The van der Waals surface area contributed by atoms with Crippen molar-refractivity contribution in [1.82, 2.24) is 25.2 Å². The van der Waals surface area contributed by atoms with Crippen LogP contribution in [0, 0.1) is 5.92 Å². The van der Waals surface area contributed by atoms with Gasteiger partial charge in [-0.1, -0.05) is 0 Å². The minimum atomic E-state index is 0.655. The molecular weight excluding hydrogens is 338 g/mol. The first kappa shape index (κ1) is 19.5. The zero-order chi connectivity index (χ0) is 18.9. The van der Waals surface area contributed by atoms with Gasteiger partial charge in [0.2, 0.25) is 5.95 Å². The number of hydrogen-bond acceptors (Lipinski definition) is 7. The second-order valence-electron chi connectivity index (χ2n) is 7.34. The average molecular weight is 370 g/mol. The van der Waals surface area contributed by atoms with E-state index in [1.807, 2.05) is 24.4 Å². The summed E-state index contributed by atoms with van der Waals surface area (Å²) in [6.07, 6.45) is 7.33. The molecule has 0 aromatic carbocycles. The van der Waals surface area contributed by atoms with E-state index in [2.05, 4.69) is 49.9 Å². The molecule has 1 fully saturated rings. The molecule has 3 N–H and O–H groups in total. The Labute approximate surface area is 162 Å². The van der Waals surface area contributed by atoms with Crippen molar-refractivity contribution < 1.29 is 0 Å². The summed E-state index contributed by atoms with van der Waals surface area (Å²) in [5.41, 5.74) is 1.88. The van der Waals surface area contributed by atoms with Crippen molar-refractivity contribution in [1.29, 1.82) is 0 Å². The number of anilines is 2. The van der Waals surface area contributed by atoms with Crippen molar-refractivity contribution >= 4 is 11.8 Å². The fourth-order valence-corrected chi connectivity index (χ4v) is 3.25. The molecule has 1 saturated heterocycles. The number of nitrogens with zero attached hydrogens (tertiary/aromatic N) is 4. The highest BCUT2D eigenvalue weighted by Crippen LogP contribution is 2.21. The van der Waals surface area contributed by atoms with Crippen molar-refractivity contribution in [2.45, 2.75) is 19.3 Å². The van der Waals surface area contributed by atoms with Gasteiger partial charge in [-0.25, -0.2) is 4.98 Å². The minimum Gasteiger partial charge on any atom is -0.370 e. The van der Waals surface area contributed by atoms with Crippen LogP contribution in [0.2, 0.25) is 0 Å². The van der Waals surface area contributed by atoms with Gasteiger partial charge in [-0.15, -0.1) is 0 Å². The molecule has 1 aliphatic heterocycles. The molecule has 0 amide bonds. The number of aromatic nitrogens is 3. The smallest absolute Gasteiger partial charge is 0.225 e. The normalized spacial score (nSPS) is 15.1. The SMILES string of the molecule is CN(C)CCNc1nc(NCCC2CCNCC2)cc(-c2cccnc2)n1. The van der Waals surface area contributed by atoms with E-state index in [-0.39, 0.29) is 0 Å². The topological polar surface area (TPSA) is 78.0 Å². The first-order valence-electron chi connectivity index (χ1n) is 9.83. The summed E-state index contributed by atoms with van der Waals surface area (Å²) < 4.78 is 0. The average Bonchev–Trinajstić information content (AvgIpc) is 2.69. The molecule has 3 rings (SSSR count). The number of rotatable bonds is 9. The third kappa shape index (κ3) is 6.45. The Balaban J connectivity index is 1.66. The molecule has 0 aliphatic carbocycles. The van der Waals surface area contributed by atoms with E-state index >= 15 is 0 Å². The molecule has 146 valence electrons. The predicted molar refractivity (Wildman–Crippen MR) is 111 cm³/mol. The molecular formula is C20H31N7. The molecule has 7 heteroatoms. The number of hydrogen-bond donors (Lipinski definition) is 3. The molecule has 27 heavy (non-hydrogen) atoms. The van der Waals surface area contributed by atoms with Gasteiger partial charge in [0.15, 0.2) is 0 Å². The molecule has 0 atom stereocenters. The third-order valence-electron chi connectivity index (χ3n) is 4.84. The van der Waals surface area contributed by atoms with E-state index in [0.717, 1.165) is 55.7 Å². The number of likely N-dealkylation sites (N-methyl/N-ethyl adjacent to an activating group) is 1. The lowest BCUT2D eigenvalue weighted by atomic mass is 9.95. The number of nitrogens with one attached hydrogen (secondary N) is 3. The zero-order valence-corrected chi connectivity index (χ0v) is 16.4. The van der Waals surface area contributed by atoms with Gasteiger partial charge in [0.25, 0.3) is 0 Å². The van der Waals surface area contributed by atoms with Crippen LogP contribution in [0.25, 0.3) is 11.3 Å². The fraction of sp³-hybridized carbons (Fsp3) is 0.550. The lowest BCUT2D eigenvalue weighted by molar-refractivity contribution is 0.361. The van der Waals surface area contributed by atoms with Gasteiger partial charge in [0.1, 0.15) is 5.82 Å². The maximum Gasteiger partial charge on any atom is 0.225 e. The summed E-state index contributed by atoms with van der Waals surface area (Å²) in [7, 11) is 4.12. The lowest BCUT2D eigenvalue weighted by Gasteiger charge is -2.22. The molecule has 3 heterocycles. The highest BCUT2D eigenvalue weighted by molar-refractivity contribution is 5.63. The quantitative estimate of drug-likeness (QED) is 0.626. The van der Waals surface area contributed by atoms with Gasteiger partial charge in [0.05, 0.1) is 5.69 Å². The highest BCUT2D eigenvalue weighted by atomic mass is 15.2. The predicted octanol–water partition coefficient (Wildman–Crippen LogP) is 2.31. The molecule has 0 unspecified atom stereocenters. The van der Waals surface area contributed by atoms with Gasteiger partial charge in [-0.05, 0) is 64.5 Å². The molecule has 0 bridgehead atoms. The summed E-state index contributed by atoms with van der Waals surface area (Å²) in [6.45, 7) is 4.95. The standard InChI is InChI=1S/C20H31N7/c1-27(2)13-12-24-20-25-18(17-4-3-8-22-15-17)14-19(26-20)23-11-7-16-5-9-21-10-6-16/h3-4,8,14-16,21H,5-7,9-13H2,1-2H3,(H2,23,24,25,26). The van der Waals surface area contributed by atoms with Crippen molar-refractivity contribution in [3.63, 3.8) is 0 Å². The van der Waals surface area contributed by atoms with Gasteiger partial charge in [0, 0.05) is 43.7 Å². The molecule has 0 saturated carbocycles. The van der Waals surface area contributed by atoms with Crippen molar-refractivity contribution in [3.05, 3.63) is 30.6 Å². The fourth-order valence-electron chi connectivity index (χ4n) is 3.25. The summed E-state index contributed by atoms with van der Waals surface area (Å²) in [5.74, 6) is 2.32.